The van der Waals surface area contributed by atoms with E-state index in [1.807, 2.05) is 73.7 Å². The van der Waals surface area contributed by atoms with Crippen LogP contribution in [0, 0.1) is 0 Å². The lowest BCUT2D eigenvalue weighted by molar-refractivity contribution is 0.145. The van der Waals surface area contributed by atoms with Crippen LogP contribution in [0.15, 0.2) is 66.7 Å². The molecule has 0 unspecified atom stereocenters. The first-order valence-electron chi connectivity index (χ1n) is 7.67. The van der Waals surface area contributed by atoms with Gasteiger partial charge >= 0.3 is 6.09 Å². The topological polar surface area (TPSA) is 44.1 Å². The molecule has 1 heterocycles. The second-order valence-electron chi connectivity index (χ2n) is 5.17. The Bertz CT molecular complexity index is 780. The number of carbonyl (C=O) groups is 1. The molecular weight excluding hydrogens is 288 g/mol. The van der Waals surface area contributed by atoms with Gasteiger partial charge in [-0.3, -0.25) is 0 Å². The molecule has 0 amide bonds. The molecule has 2 aromatic carbocycles. The largest absolute Gasteiger partial charge is 0.448 e. The zero-order valence-corrected chi connectivity index (χ0v) is 13.0. The van der Waals surface area contributed by atoms with Gasteiger partial charge in [-0.1, -0.05) is 67.6 Å². The summed E-state index contributed by atoms with van der Waals surface area (Å²) in [5, 5.41) is 4.45. The summed E-state index contributed by atoms with van der Waals surface area (Å²) in [4.78, 5) is 12.3. The predicted octanol–water partition coefficient (Wildman–Crippen LogP) is 4.61. The second kappa shape index (κ2) is 6.92. The molecule has 0 radical (unpaired) electrons. The molecule has 0 saturated carbocycles. The smallest absolute Gasteiger partial charge is 0.435 e. The molecule has 3 aromatic rings. The molecule has 3 rings (SSSR count). The van der Waals surface area contributed by atoms with Crippen LogP contribution >= 0.6 is 0 Å². The van der Waals surface area contributed by atoms with Gasteiger partial charge in [0.15, 0.2) is 0 Å². The number of hydrogen-bond donors (Lipinski definition) is 0. The van der Waals surface area contributed by atoms with Crippen LogP contribution in [-0.4, -0.2) is 22.5 Å². The van der Waals surface area contributed by atoms with Gasteiger partial charge in [0.25, 0.3) is 0 Å². The van der Waals surface area contributed by atoms with Crippen LogP contribution in [0.4, 0.5) is 4.79 Å². The highest BCUT2D eigenvalue weighted by Gasteiger charge is 2.17. The van der Waals surface area contributed by atoms with E-state index in [0.29, 0.717) is 6.61 Å². The van der Waals surface area contributed by atoms with E-state index in [0.717, 1.165) is 28.9 Å². The minimum atomic E-state index is -0.451. The molecule has 0 fully saturated rings. The fourth-order valence-corrected chi connectivity index (χ4v) is 2.34. The highest BCUT2D eigenvalue weighted by molar-refractivity contribution is 5.80. The second-order valence-corrected chi connectivity index (χ2v) is 5.17. The Labute approximate surface area is 135 Å². The fourth-order valence-electron chi connectivity index (χ4n) is 2.34. The van der Waals surface area contributed by atoms with Crippen molar-refractivity contribution in [3.63, 3.8) is 0 Å². The van der Waals surface area contributed by atoms with Gasteiger partial charge in [-0.15, -0.1) is 0 Å². The van der Waals surface area contributed by atoms with E-state index in [4.69, 9.17) is 4.74 Å². The van der Waals surface area contributed by atoms with Crippen LogP contribution in [-0.2, 0) is 4.74 Å². The minimum Gasteiger partial charge on any atom is -0.448 e. The quantitative estimate of drug-likeness (QED) is 0.707. The van der Waals surface area contributed by atoms with E-state index in [1.54, 1.807) is 0 Å². The van der Waals surface area contributed by atoms with Crippen molar-refractivity contribution in [3.8, 4) is 22.5 Å². The van der Waals surface area contributed by atoms with Gasteiger partial charge in [0.2, 0.25) is 0 Å². The summed E-state index contributed by atoms with van der Waals surface area (Å²) in [6, 6.07) is 21.4. The maximum absolute atomic E-state index is 12.3. The van der Waals surface area contributed by atoms with E-state index in [1.165, 1.54) is 4.68 Å². The summed E-state index contributed by atoms with van der Waals surface area (Å²) in [6.45, 7) is 2.34. The van der Waals surface area contributed by atoms with Gasteiger partial charge in [0, 0.05) is 11.1 Å². The molecule has 0 atom stereocenters. The standard InChI is InChI=1S/C19H18N2O2/c1-2-13-23-19(22)21-18(16-11-7-4-8-12-16)14-17(20-21)15-9-5-3-6-10-15/h3-12,14H,2,13H2,1H3. The Morgan fingerprint density at radius 3 is 2.22 bits per heavy atom. The molecule has 23 heavy (non-hydrogen) atoms. The monoisotopic (exact) mass is 306 g/mol. The summed E-state index contributed by atoms with van der Waals surface area (Å²) in [5.74, 6) is 0. The van der Waals surface area contributed by atoms with Gasteiger partial charge in [0.05, 0.1) is 18.0 Å². The highest BCUT2D eigenvalue weighted by atomic mass is 16.6. The first kappa shape index (κ1) is 15.0. The van der Waals surface area contributed by atoms with Crippen LogP contribution in [0.5, 0.6) is 0 Å². The maximum Gasteiger partial charge on any atom is 0.435 e. The average molecular weight is 306 g/mol. The summed E-state index contributed by atoms with van der Waals surface area (Å²) in [5.41, 5.74) is 3.37. The van der Waals surface area contributed by atoms with E-state index in [2.05, 4.69) is 5.10 Å². The molecule has 1 aromatic heterocycles. The molecule has 0 aliphatic carbocycles. The normalized spacial score (nSPS) is 10.5. The molecule has 0 saturated heterocycles. The lowest BCUT2D eigenvalue weighted by Crippen LogP contribution is -2.16. The van der Waals surface area contributed by atoms with Crippen LogP contribution < -0.4 is 0 Å². The Balaban J connectivity index is 2.05. The van der Waals surface area contributed by atoms with Gasteiger partial charge in [-0.05, 0) is 12.5 Å². The van der Waals surface area contributed by atoms with Crippen molar-refractivity contribution in [1.29, 1.82) is 0 Å². The van der Waals surface area contributed by atoms with E-state index >= 15 is 0 Å². The maximum atomic E-state index is 12.3. The summed E-state index contributed by atoms with van der Waals surface area (Å²) in [7, 11) is 0. The van der Waals surface area contributed by atoms with Crippen molar-refractivity contribution >= 4 is 6.09 Å². The van der Waals surface area contributed by atoms with Crippen LogP contribution in [0.3, 0.4) is 0 Å². The van der Waals surface area contributed by atoms with Crippen molar-refractivity contribution in [2.24, 2.45) is 0 Å². The summed E-state index contributed by atoms with van der Waals surface area (Å²) < 4.78 is 6.59. The van der Waals surface area contributed by atoms with Crippen LogP contribution in [0.1, 0.15) is 13.3 Å². The van der Waals surface area contributed by atoms with Gasteiger partial charge in [-0.25, -0.2) is 4.79 Å². The molecule has 0 aliphatic heterocycles. The third kappa shape index (κ3) is 3.31. The lowest BCUT2D eigenvalue weighted by Gasteiger charge is -2.06. The first-order chi connectivity index (χ1) is 11.3. The van der Waals surface area contributed by atoms with E-state index in [9.17, 15) is 4.79 Å². The number of aromatic nitrogens is 2. The first-order valence-corrected chi connectivity index (χ1v) is 7.67. The molecule has 0 aliphatic rings. The van der Waals surface area contributed by atoms with Gasteiger partial charge < -0.3 is 4.74 Å². The molecule has 0 spiro atoms. The van der Waals surface area contributed by atoms with E-state index < -0.39 is 6.09 Å². The van der Waals surface area contributed by atoms with Crippen molar-refractivity contribution in [2.75, 3.05) is 6.61 Å². The minimum absolute atomic E-state index is 0.383. The third-order valence-electron chi connectivity index (χ3n) is 3.45. The van der Waals surface area contributed by atoms with Crippen molar-refractivity contribution in [3.05, 3.63) is 66.7 Å². The third-order valence-corrected chi connectivity index (χ3v) is 3.45. The Hall–Kier alpha value is -2.88. The fraction of sp³-hybridized carbons (Fsp3) is 0.158. The molecular formula is C19H18N2O2. The SMILES string of the molecule is CCCOC(=O)n1nc(-c2ccccc2)cc1-c1ccccc1. The molecule has 0 N–H and O–H groups in total. The summed E-state index contributed by atoms with van der Waals surface area (Å²) in [6.07, 6.45) is 0.326. The van der Waals surface area contributed by atoms with Crippen molar-refractivity contribution < 1.29 is 9.53 Å². The Kier molecular flexibility index (Phi) is 4.52. The number of carbonyl (C=O) groups excluding carboxylic acids is 1. The number of nitrogens with zero attached hydrogens (tertiary/aromatic N) is 2. The molecule has 4 nitrogen and oxygen atoms in total. The zero-order chi connectivity index (χ0) is 16.1. The highest BCUT2D eigenvalue weighted by Crippen LogP contribution is 2.26. The summed E-state index contributed by atoms with van der Waals surface area (Å²) >= 11 is 0. The molecule has 116 valence electrons. The van der Waals surface area contributed by atoms with Crippen LogP contribution in [0.25, 0.3) is 22.5 Å². The molecule has 4 heteroatoms. The number of rotatable bonds is 4. The number of ether oxygens (including phenoxy) is 1. The predicted molar refractivity (Wildman–Crippen MR) is 90.1 cm³/mol. The Morgan fingerprint density at radius 1 is 1.00 bits per heavy atom. The van der Waals surface area contributed by atoms with Gasteiger partial charge in [0.1, 0.15) is 0 Å². The van der Waals surface area contributed by atoms with Crippen molar-refractivity contribution in [1.82, 2.24) is 9.78 Å². The lowest BCUT2D eigenvalue weighted by atomic mass is 10.1. The van der Waals surface area contributed by atoms with Crippen molar-refractivity contribution in [2.45, 2.75) is 13.3 Å². The molecule has 0 bridgehead atoms. The van der Waals surface area contributed by atoms with E-state index in [-0.39, 0.29) is 0 Å². The number of hydrogen-bond acceptors (Lipinski definition) is 3. The Morgan fingerprint density at radius 2 is 1.61 bits per heavy atom. The average Bonchev–Trinajstić information content (AvgIpc) is 3.07. The van der Waals surface area contributed by atoms with Crippen LogP contribution in [0.2, 0.25) is 0 Å². The zero-order valence-electron chi connectivity index (χ0n) is 13.0. The van der Waals surface area contributed by atoms with Gasteiger partial charge in [-0.2, -0.15) is 9.78 Å². The number of benzene rings is 2.